The van der Waals surface area contributed by atoms with Crippen LogP contribution >= 0.6 is 11.8 Å². The summed E-state index contributed by atoms with van der Waals surface area (Å²) in [5, 5.41) is 0. The van der Waals surface area contributed by atoms with Gasteiger partial charge in [-0.1, -0.05) is 36.4 Å². The Labute approximate surface area is 182 Å². The van der Waals surface area contributed by atoms with Gasteiger partial charge in [-0.3, -0.25) is 4.72 Å². The molecule has 0 radical (unpaired) electrons. The van der Waals surface area contributed by atoms with Crippen molar-refractivity contribution in [1.29, 1.82) is 0 Å². The quantitative estimate of drug-likeness (QED) is 0.573. The molecule has 0 spiro atoms. The van der Waals surface area contributed by atoms with Crippen molar-refractivity contribution in [3.63, 3.8) is 0 Å². The van der Waals surface area contributed by atoms with E-state index in [1.807, 2.05) is 36.0 Å². The van der Waals surface area contributed by atoms with Crippen molar-refractivity contribution in [2.24, 2.45) is 0 Å². The number of nitrogens with one attached hydrogen (secondary N) is 1. The number of sulfonamides is 1. The number of allylic oxidation sites excluding steroid dienone is 1. The maximum absolute atomic E-state index is 11.7. The zero-order valence-corrected chi connectivity index (χ0v) is 18.7. The Bertz CT molecular complexity index is 1250. The van der Waals surface area contributed by atoms with Crippen molar-refractivity contribution in [3.8, 4) is 5.75 Å². The summed E-state index contributed by atoms with van der Waals surface area (Å²) in [7, 11) is -1.66. The number of benzene rings is 3. The molecule has 0 bridgehead atoms. The summed E-state index contributed by atoms with van der Waals surface area (Å²) in [5.41, 5.74) is 7.36. The molecule has 0 aliphatic carbocycles. The summed E-state index contributed by atoms with van der Waals surface area (Å²) in [6.45, 7) is 2.09. The summed E-state index contributed by atoms with van der Waals surface area (Å²) in [5.74, 6) is 1.70. The third-order valence-electron chi connectivity index (χ3n) is 5.10. The highest BCUT2D eigenvalue weighted by atomic mass is 32.2. The highest BCUT2D eigenvalue weighted by Gasteiger charge is 2.21. The lowest BCUT2D eigenvalue weighted by atomic mass is 9.88. The Morgan fingerprint density at radius 3 is 2.57 bits per heavy atom. The van der Waals surface area contributed by atoms with Gasteiger partial charge < -0.3 is 4.74 Å². The van der Waals surface area contributed by atoms with Gasteiger partial charge in [0.05, 0.1) is 13.4 Å². The second-order valence-corrected chi connectivity index (χ2v) is 10.0. The van der Waals surface area contributed by atoms with E-state index < -0.39 is 10.0 Å². The van der Waals surface area contributed by atoms with E-state index >= 15 is 0 Å². The number of thioether (sulfide) groups is 1. The second-order valence-electron chi connectivity index (χ2n) is 7.26. The molecule has 1 N–H and O–H groups in total. The van der Waals surface area contributed by atoms with Gasteiger partial charge >= 0.3 is 0 Å². The van der Waals surface area contributed by atoms with Crippen molar-refractivity contribution in [1.82, 2.24) is 0 Å². The van der Waals surface area contributed by atoms with Crippen molar-refractivity contribution >= 4 is 38.6 Å². The van der Waals surface area contributed by atoms with Crippen LogP contribution < -0.4 is 9.46 Å². The zero-order chi connectivity index (χ0) is 21.3. The molecule has 0 amide bonds. The van der Waals surface area contributed by atoms with Crippen LogP contribution in [0.25, 0.3) is 11.1 Å². The molecule has 3 aromatic rings. The second kappa shape index (κ2) is 8.20. The first-order valence-electron chi connectivity index (χ1n) is 9.54. The minimum atomic E-state index is -3.34. The lowest BCUT2D eigenvalue weighted by Gasteiger charge is -2.17. The molecule has 30 heavy (non-hydrogen) atoms. The molecule has 0 aromatic heterocycles. The van der Waals surface area contributed by atoms with Crippen LogP contribution in [0.4, 0.5) is 5.69 Å². The van der Waals surface area contributed by atoms with Crippen LogP contribution in [-0.2, 0) is 15.8 Å². The standard InChI is InChI=1S/C24H23NO3S2/c1-16(17-7-6-8-19(13-17)25-30(3,26)27)24-21-12-11-20(28-2)14-18(21)15-29-23-10-5-4-9-22(23)24/h4-14,25H,15H2,1-3H3/b24-16-. The van der Waals surface area contributed by atoms with Crippen LogP contribution in [0.1, 0.15) is 29.2 Å². The van der Waals surface area contributed by atoms with Crippen LogP contribution in [0, 0.1) is 0 Å². The maximum atomic E-state index is 11.7. The lowest BCUT2D eigenvalue weighted by molar-refractivity contribution is 0.414. The third kappa shape index (κ3) is 4.25. The van der Waals surface area contributed by atoms with E-state index in [4.69, 9.17) is 4.74 Å². The topological polar surface area (TPSA) is 55.4 Å². The molecular weight excluding hydrogens is 414 g/mol. The van der Waals surface area contributed by atoms with Crippen molar-refractivity contribution in [2.75, 3.05) is 18.1 Å². The average Bonchev–Trinajstić information content (AvgIpc) is 2.88. The summed E-state index contributed by atoms with van der Waals surface area (Å²) < 4.78 is 31.4. The van der Waals surface area contributed by atoms with Crippen LogP contribution in [-0.4, -0.2) is 21.8 Å². The lowest BCUT2D eigenvalue weighted by Crippen LogP contribution is -2.09. The van der Waals surface area contributed by atoms with Crippen LogP contribution in [0.5, 0.6) is 5.75 Å². The Balaban J connectivity index is 1.94. The predicted octanol–water partition coefficient (Wildman–Crippen LogP) is 5.65. The first kappa shape index (κ1) is 20.6. The summed E-state index contributed by atoms with van der Waals surface area (Å²) >= 11 is 1.82. The highest BCUT2D eigenvalue weighted by Crippen LogP contribution is 2.44. The van der Waals surface area contributed by atoms with E-state index in [1.165, 1.54) is 21.6 Å². The number of hydrogen-bond acceptors (Lipinski definition) is 4. The smallest absolute Gasteiger partial charge is 0.229 e. The van der Waals surface area contributed by atoms with E-state index in [0.29, 0.717) is 5.69 Å². The molecule has 0 fully saturated rings. The van der Waals surface area contributed by atoms with Gasteiger partial charge in [0.1, 0.15) is 5.75 Å². The Hall–Kier alpha value is -2.70. The molecule has 1 aliphatic heterocycles. The van der Waals surface area contributed by atoms with Gasteiger partial charge in [-0.05, 0) is 70.7 Å². The van der Waals surface area contributed by atoms with Gasteiger partial charge in [-0.25, -0.2) is 8.42 Å². The van der Waals surface area contributed by atoms with E-state index in [2.05, 4.69) is 48.0 Å². The van der Waals surface area contributed by atoms with Gasteiger partial charge in [0.25, 0.3) is 0 Å². The van der Waals surface area contributed by atoms with Gasteiger partial charge in [-0.15, -0.1) is 11.8 Å². The van der Waals surface area contributed by atoms with Crippen molar-refractivity contribution < 1.29 is 13.2 Å². The molecule has 4 rings (SSSR count). The molecule has 1 heterocycles. The van der Waals surface area contributed by atoms with Crippen LogP contribution in [0.3, 0.4) is 0 Å². The van der Waals surface area contributed by atoms with E-state index in [-0.39, 0.29) is 0 Å². The van der Waals surface area contributed by atoms with Crippen LogP contribution in [0.15, 0.2) is 71.6 Å². The van der Waals surface area contributed by atoms with Gasteiger partial charge in [-0.2, -0.15) is 0 Å². The number of hydrogen-bond donors (Lipinski definition) is 1. The molecule has 154 valence electrons. The average molecular weight is 438 g/mol. The fourth-order valence-corrected chi connectivity index (χ4v) is 5.34. The monoisotopic (exact) mass is 437 g/mol. The largest absolute Gasteiger partial charge is 0.497 e. The Morgan fingerprint density at radius 2 is 1.80 bits per heavy atom. The molecule has 1 aliphatic rings. The summed E-state index contributed by atoms with van der Waals surface area (Å²) in [6.07, 6.45) is 1.16. The molecule has 0 saturated heterocycles. The number of ether oxygens (including phenoxy) is 1. The Kier molecular flexibility index (Phi) is 5.62. The first-order chi connectivity index (χ1) is 14.4. The molecule has 0 saturated carbocycles. The SMILES string of the molecule is COc1ccc2c(c1)CSc1ccccc1/C2=C(/C)c1cccc(NS(C)(=O)=O)c1. The molecule has 3 aromatic carbocycles. The fourth-order valence-electron chi connectivity index (χ4n) is 3.74. The van der Waals surface area contributed by atoms with Crippen molar-refractivity contribution in [3.05, 3.63) is 89.0 Å². The minimum Gasteiger partial charge on any atom is -0.497 e. The Morgan fingerprint density at radius 1 is 1.00 bits per heavy atom. The van der Waals surface area contributed by atoms with Gasteiger partial charge in [0, 0.05) is 16.3 Å². The van der Waals surface area contributed by atoms with Crippen LogP contribution in [0.2, 0.25) is 0 Å². The molecule has 6 heteroatoms. The van der Waals surface area contributed by atoms with E-state index in [9.17, 15) is 8.42 Å². The molecule has 0 unspecified atom stereocenters. The summed E-state index contributed by atoms with van der Waals surface area (Å²) in [4.78, 5) is 1.23. The molecule has 0 atom stereocenters. The first-order valence-corrected chi connectivity index (χ1v) is 12.4. The minimum absolute atomic E-state index is 0.557. The fraction of sp³-hybridized carbons (Fsp3) is 0.167. The van der Waals surface area contributed by atoms with E-state index in [1.54, 1.807) is 13.2 Å². The van der Waals surface area contributed by atoms with E-state index in [0.717, 1.165) is 34.5 Å². The zero-order valence-electron chi connectivity index (χ0n) is 17.1. The third-order valence-corrected chi connectivity index (χ3v) is 6.82. The van der Waals surface area contributed by atoms with Gasteiger partial charge in [0.2, 0.25) is 10.0 Å². The van der Waals surface area contributed by atoms with Crippen molar-refractivity contribution in [2.45, 2.75) is 17.6 Å². The maximum Gasteiger partial charge on any atom is 0.229 e. The predicted molar refractivity (Wildman–Crippen MR) is 125 cm³/mol. The number of rotatable bonds is 4. The molecule has 4 nitrogen and oxygen atoms in total. The van der Waals surface area contributed by atoms with Gasteiger partial charge in [0.15, 0.2) is 0 Å². The normalized spacial score (nSPS) is 14.9. The summed E-state index contributed by atoms with van der Waals surface area (Å²) in [6, 6.07) is 22.2. The molecular formula is C24H23NO3S2. The highest BCUT2D eigenvalue weighted by molar-refractivity contribution is 7.98. The number of methoxy groups -OCH3 is 1. The number of fused-ring (bicyclic) bond motifs is 2. The number of anilines is 1.